The van der Waals surface area contributed by atoms with Crippen LogP contribution in [0.5, 0.6) is 5.75 Å². The molecule has 1 N–H and O–H groups in total. The first-order chi connectivity index (χ1) is 16.1. The van der Waals surface area contributed by atoms with Crippen LogP contribution in [-0.2, 0) is 9.59 Å². The molecule has 0 spiro atoms. The van der Waals surface area contributed by atoms with E-state index in [0.717, 1.165) is 23.3 Å². The SMILES string of the molecule is CCCOc1ccc(/C(O)=C2\C(=O)C(=O)N(CCN(C)C)C2c2ccc(C(C)C)cc2)cc1C. The van der Waals surface area contributed by atoms with Gasteiger partial charge in [-0.05, 0) is 68.2 Å². The Labute approximate surface area is 202 Å². The Morgan fingerprint density at radius 3 is 2.35 bits per heavy atom. The van der Waals surface area contributed by atoms with Crippen molar-refractivity contribution in [2.24, 2.45) is 0 Å². The van der Waals surface area contributed by atoms with Crippen LogP contribution in [0, 0.1) is 6.92 Å². The molecule has 0 aromatic heterocycles. The van der Waals surface area contributed by atoms with Gasteiger partial charge in [0.05, 0.1) is 18.2 Å². The van der Waals surface area contributed by atoms with Crippen molar-refractivity contribution in [1.82, 2.24) is 9.80 Å². The molecule has 1 aliphatic rings. The van der Waals surface area contributed by atoms with Crippen LogP contribution in [0.25, 0.3) is 5.76 Å². The number of likely N-dealkylation sites (tertiary alicyclic amines) is 1. The van der Waals surface area contributed by atoms with Gasteiger partial charge in [0.1, 0.15) is 11.5 Å². The molecule has 34 heavy (non-hydrogen) atoms. The normalized spacial score (nSPS) is 17.8. The van der Waals surface area contributed by atoms with E-state index in [4.69, 9.17) is 4.74 Å². The van der Waals surface area contributed by atoms with E-state index in [2.05, 4.69) is 13.8 Å². The molecular formula is C28H36N2O4. The van der Waals surface area contributed by atoms with Gasteiger partial charge in [-0.15, -0.1) is 0 Å². The molecule has 1 atom stereocenters. The summed E-state index contributed by atoms with van der Waals surface area (Å²) in [6.45, 7) is 9.78. The van der Waals surface area contributed by atoms with E-state index in [1.54, 1.807) is 23.1 Å². The molecule has 0 saturated carbocycles. The van der Waals surface area contributed by atoms with Gasteiger partial charge in [0.25, 0.3) is 11.7 Å². The van der Waals surface area contributed by atoms with Crippen LogP contribution in [-0.4, -0.2) is 60.4 Å². The monoisotopic (exact) mass is 464 g/mol. The highest BCUT2D eigenvalue weighted by Gasteiger charge is 2.45. The third-order valence-electron chi connectivity index (χ3n) is 6.16. The predicted molar refractivity (Wildman–Crippen MR) is 135 cm³/mol. The molecule has 0 aliphatic carbocycles. The molecule has 1 unspecified atom stereocenters. The average molecular weight is 465 g/mol. The van der Waals surface area contributed by atoms with Crippen molar-refractivity contribution in [3.8, 4) is 5.75 Å². The third kappa shape index (κ3) is 5.33. The maximum atomic E-state index is 13.2. The minimum absolute atomic E-state index is 0.127. The molecule has 1 saturated heterocycles. The maximum absolute atomic E-state index is 13.2. The lowest BCUT2D eigenvalue weighted by atomic mass is 9.93. The number of amides is 1. The molecule has 2 aromatic carbocycles. The molecule has 6 heteroatoms. The van der Waals surface area contributed by atoms with Crippen LogP contribution >= 0.6 is 0 Å². The minimum atomic E-state index is -0.654. The van der Waals surface area contributed by atoms with E-state index < -0.39 is 17.7 Å². The summed E-state index contributed by atoms with van der Waals surface area (Å²) in [5.41, 5.74) is 3.46. The van der Waals surface area contributed by atoms with E-state index in [9.17, 15) is 14.7 Å². The second-order valence-electron chi connectivity index (χ2n) is 9.45. The highest BCUT2D eigenvalue weighted by atomic mass is 16.5. The number of benzene rings is 2. The molecule has 0 radical (unpaired) electrons. The maximum Gasteiger partial charge on any atom is 0.295 e. The Hall–Kier alpha value is -3.12. The number of ether oxygens (including phenoxy) is 1. The Morgan fingerprint density at radius 1 is 1.12 bits per heavy atom. The number of nitrogens with zero attached hydrogens (tertiary/aromatic N) is 2. The lowest BCUT2D eigenvalue weighted by Crippen LogP contribution is -2.35. The quantitative estimate of drug-likeness (QED) is 0.325. The van der Waals surface area contributed by atoms with Crippen LogP contribution in [0.15, 0.2) is 48.0 Å². The standard InChI is InChI=1S/C28H36N2O4/c1-7-16-34-23-13-12-22(17-19(23)4)26(31)24-25(21-10-8-20(9-11-21)18(2)3)30(15-14-29(5)6)28(33)27(24)32/h8-13,17-18,25,31H,7,14-16H2,1-6H3/b26-24+. The topological polar surface area (TPSA) is 70.1 Å². The summed E-state index contributed by atoms with van der Waals surface area (Å²) in [5.74, 6) is -0.288. The number of hydrogen-bond acceptors (Lipinski definition) is 5. The lowest BCUT2D eigenvalue weighted by Gasteiger charge is -2.27. The zero-order valence-corrected chi connectivity index (χ0v) is 21.1. The number of rotatable bonds is 9. The van der Waals surface area contributed by atoms with Gasteiger partial charge in [0.15, 0.2) is 0 Å². The first-order valence-corrected chi connectivity index (χ1v) is 11.9. The van der Waals surface area contributed by atoms with Crippen LogP contribution in [0.3, 0.4) is 0 Å². The fraction of sp³-hybridized carbons (Fsp3) is 0.429. The Morgan fingerprint density at radius 2 is 1.79 bits per heavy atom. The number of aryl methyl sites for hydroxylation is 1. The van der Waals surface area contributed by atoms with Crippen molar-refractivity contribution in [1.29, 1.82) is 0 Å². The summed E-state index contributed by atoms with van der Waals surface area (Å²) < 4.78 is 5.75. The van der Waals surface area contributed by atoms with Gasteiger partial charge < -0.3 is 19.6 Å². The molecule has 0 bridgehead atoms. The summed E-state index contributed by atoms with van der Waals surface area (Å²) in [5, 5.41) is 11.3. The fourth-order valence-corrected chi connectivity index (χ4v) is 4.15. The number of carbonyl (C=O) groups excluding carboxylic acids is 2. The van der Waals surface area contributed by atoms with Crippen molar-refractivity contribution in [2.75, 3.05) is 33.8 Å². The highest BCUT2D eigenvalue weighted by Crippen LogP contribution is 2.40. The number of aliphatic hydroxyl groups excluding tert-OH is 1. The van der Waals surface area contributed by atoms with Gasteiger partial charge in [-0.25, -0.2) is 0 Å². The van der Waals surface area contributed by atoms with Crippen molar-refractivity contribution in [2.45, 2.75) is 46.1 Å². The largest absolute Gasteiger partial charge is 0.507 e. The predicted octanol–water partition coefficient (Wildman–Crippen LogP) is 4.89. The van der Waals surface area contributed by atoms with Gasteiger partial charge in [-0.1, -0.05) is 45.0 Å². The molecule has 1 heterocycles. The van der Waals surface area contributed by atoms with Crippen LogP contribution in [0.4, 0.5) is 0 Å². The summed E-state index contributed by atoms with van der Waals surface area (Å²) in [6.07, 6.45) is 0.896. The fourth-order valence-electron chi connectivity index (χ4n) is 4.15. The molecule has 6 nitrogen and oxygen atoms in total. The van der Waals surface area contributed by atoms with Gasteiger partial charge in [-0.2, -0.15) is 0 Å². The second-order valence-corrected chi connectivity index (χ2v) is 9.45. The van der Waals surface area contributed by atoms with Gasteiger partial charge in [0, 0.05) is 18.7 Å². The molecule has 3 rings (SSSR count). The number of hydrogen-bond donors (Lipinski definition) is 1. The van der Waals surface area contributed by atoms with E-state index >= 15 is 0 Å². The van der Waals surface area contributed by atoms with E-state index in [0.29, 0.717) is 31.2 Å². The van der Waals surface area contributed by atoms with E-state index in [-0.39, 0.29) is 11.3 Å². The molecule has 1 aliphatic heterocycles. The molecular weight excluding hydrogens is 428 g/mol. The van der Waals surface area contributed by atoms with Crippen molar-refractivity contribution in [3.63, 3.8) is 0 Å². The number of carbonyl (C=O) groups is 2. The van der Waals surface area contributed by atoms with Crippen molar-refractivity contribution < 1.29 is 19.4 Å². The highest BCUT2D eigenvalue weighted by molar-refractivity contribution is 6.46. The van der Waals surface area contributed by atoms with Crippen molar-refractivity contribution >= 4 is 17.4 Å². The molecule has 182 valence electrons. The Bertz CT molecular complexity index is 1070. The number of ketones is 1. The summed E-state index contributed by atoms with van der Waals surface area (Å²) in [4.78, 5) is 29.8. The summed E-state index contributed by atoms with van der Waals surface area (Å²) in [6, 6.07) is 12.6. The van der Waals surface area contributed by atoms with Gasteiger partial charge in [0.2, 0.25) is 0 Å². The molecule has 1 fully saturated rings. The number of likely N-dealkylation sites (N-methyl/N-ethyl adjacent to an activating group) is 1. The van der Waals surface area contributed by atoms with Crippen LogP contribution in [0.2, 0.25) is 0 Å². The minimum Gasteiger partial charge on any atom is -0.507 e. The first-order valence-electron chi connectivity index (χ1n) is 11.9. The summed E-state index contributed by atoms with van der Waals surface area (Å²) >= 11 is 0. The van der Waals surface area contributed by atoms with Gasteiger partial charge >= 0.3 is 0 Å². The lowest BCUT2D eigenvalue weighted by molar-refractivity contribution is -0.140. The van der Waals surface area contributed by atoms with Crippen LogP contribution < -0.4 is 4.74 Å². The third-order valence-corrected chi connectivity index (χ3v) is 6.16. The zero-order valence-electron chi connectivity index (χ0n) is 21.1. The number of Topliss-reactive ketones (excluding diaryl/α,β-unsaturated/α-hetero) is 1. The average Bonchev–Trinajstić information content (AvgIpc) is 3.06. The van der Waals surface area contributed by atoms with E-state index in [1.165, 1.54) is 5.56 Å². The second kappa shape index (κ2) is 10.9. The molecule has 1 amide bonds. The van der Waals surface area contributed by atoms with Crippen molar-refractivity contribution in [3.05, 3.63) is 70.3 Å². The Balaban J connectivity index is 2.09. The van der Waals surface area contributed by atoms with E-state index in [1.807, 2.05) is 57.1 Å². The smallest absolute Gasteiger partial charge is 0.295 e. The van der Waals surface area contributed by atoms with Crippen LogP contribution in [0.1, 0.15) is 61.4 Å². The van der Waals surface area contributed by atoms with Gasteiger partial charge in [-0.3, -0.25) is 9.59 Å². The Kier molecular flexibility index (Phi) is 8.15. The summed E-state index contributed by atoms with van der Waals surface area (Å²) in [7, 11) is 3.85. The number of aliphatic hydroxyl groups is 1. The first kappa shape index (κ1) is 25.5. The zero-order chi connectivity index (χ0) is 25.0. The molecule has 2 aromatic rings.